The maximum absolute atomic E-state index is 14.8. The highest BCUT2D eigenvalue weighted by Gasteiger charge is 2.30. The molecule has 9 heteroatoms. The highest BCUT2D eigenvalue weighted by Crippen LogP contribution is 2.36. The molecule has 0 bridgehead atoms. The second-order valence-corrected chi connectivity index (χ2v) is 9.00. The molecule has 3 N–H and O–H groups in total. The number of amidine groups is 1. The molecular weight excluding hydrogens is 425 g/mol. The van der Waals surface area contributed by atoms with Gasteiger partial charge in [-0.05, 0) is 49.2 Å². The first-order valence-corrected chi connectivity index (χ1v) is 10.7. The van der Waals surface area contributed by atoms with Crippen molar-refractivity contribution in [2.45, 2.75) is 18.9 Å². The molecule has 2 aromatic carbocycles. The molecule has 0 aliphatic carbocycles. The number of fused-ring (bicyclic) bond motifs is 3. The van der Waals surface area contributed by atoms with E-state index in [2.05, 4.69) is 15.1 Å². The largest absolute Gasteiger partial charge is 0.379 e. The van der Waals surface area contributed by atoms with Gasteiger partial charge in [0.15, 0.2) is 5.17 Å². The van der Waals surface area contributed by atoms with Crippen LogP contribution < -0.4 is 11.3 Å². The van der Waals surface area contributed by atoms with E-state index in [9.17, 15) is 9.18 Å². The monoisotopic (exact) mass is 441 g/mol. The molecule has 30 heavy (non-hydrogen) atoms. The number of H-pyrrole nitrogens is 1. The molecule has 152 valence electrons. The molecule has 6 nitrogen and oxygen atoms in total. The van der Waals surface area contributed by atoms with Crippen molar-refractivity contribution < 1.29 is 4.39 Å². The van der Waals surface area contributed by atoms with Gasteiger partial charge in [0.2, 0.25) is 0 Å². The van der Waals surface area contributed by atoms with E-state index in [0.717, 1.165) is 17.7 Å². The van der Waals surface area contributed by atoms with Crippen LogP contribution in [0.5, 0.6) is 0 Å². The number of thioether (sulfide) groups is 1. The Kier molecular flexibility index (Phi) is 4.37. The van der Waals surface area contributed by atoms with E-state index in [1.807, 2.05) is 6.92 Å². The summed E-state index contributed by atoms with van der Waals surface area (Å²) < 4.78 is 16.0. The van der Waals surface area contributed by atoms with E-state index >= 15 is 0 Å². The fourth-order valence-corrected chi connectivity index (χ4v) is 4.96. The smallest absolute Gasteiger partial charge is 0.280 e. The number of nitrogens with one attached hydrogen (secondary N) is 1. The molecule has 1 aliphatic heterocycles. The Morgan fingerprint density at radius 3 is 2.90 bits per heavy atom. The summed E-state index contributed by atoms with van der Waals surface area (Å²) >= 11 is 7.63. The van der Waals surface area contributed by atoms with Crippen LogP contribution in [-0.4, -0.2) is 25.7 Å². The molecule has 0 saturated carbocycles. The fourth-order valence-electron chi connectivity index (χ4n) is 3.81. The number of pyridine rings is 1. The van der Waals surface area contributed by atoms with Crippen LogP contribution in [0.15, 0.2) is 52.4 Å². The van der Waals surface area contributed by atoms with Crippen LogP contribution in [0.4, 0.5) is 4.39 Å². The molecule has 1 atom stereocenters. The molecule has 0 saturated heterocycles. The van der Waals surface area contributed by atoms with Gasteiger partial charge in [-0.3, -0.25) is 19.9 Å². The summed E-state index contributed by atoms with van der Waals surface area (Å²) in [5.41, 5.74) is 7.12. The molecule has 0 amide bonds. The summed E-state index contributed by atoms with van der Waals surface area (Å²) in [6, 6.07) is 9.94. The number of halogens is 2. The topological polar surface area (TPSA) is 89.1 Å². The zero-order chi connectivity index (χ0) is 21.0. The van der Waals surface area contributed by atoms with Crippen molar-refractivity contribution in [3.63, 3.8) is 0 Å². The van der Waals surface area contributed by atoms with E-state index in [1.165, 1.54) is 28.7 Å². The van der Waals surface area contributed by atoms with Gasteiger partial charge in [0.1, 0.15) is 11.5 Å². The highest BCUT2D eigenvalue weighted by molar-refractivity contribution is 8.13. The molecule has 0 fully saturated rings. The van der Waals surface area contributed by atoms with Crippen molar-refractivity contribution in [1.29, 1.82) is 0 Å². The van der Waals surface area contributed by atoms with Crippen LogP contribution >= 0.6 is 23.4 Å². The van der Waals surface area contributed by atoms with Crippen LogP contribution in [0, 0.1) is 5.82 Å². The summed E-state index contributed by atoms with van der Waals surface area (Å²) in [5, 5.41) is 5.13. The second-order valence-electron chi connectivity index (χ2n) is 7.45. The summed E-state index contributed by atoms with van der Waals surface area (Å²) in [7, 11) is 0. The van der Waals surface area contributed by atoms with E-state index in [-0.39, 0.29) is 11.2 Å². The van der Waals surface area contributed by atoms with E-state index < -0.39 is 11.4 Å². The van der Waals surface area contributed by atoms with Gasteiger partial charge in [-0.15, -0.1) is 0 Å². The SMILES string of the molecule is CC1(c2ccc(F)c(-n3[nH]c4c(cnc5ccc(Cl)cc54)c3=O)c2)CCSC(N)=N1. The lowest BCUT2D eigenvalue weighted by Crippen LogP contribution is -2.29. The molecule has 2 aromatic heterocycles. The third-order valence-electron chi connectivity index (χ3n) is 5.49. The third kappa shape index (κ3) is 2.98. The standard InChI is InChI=1S/C21H17ClFN5OS/c1-21(6-7-30-20(24)26-21)11-2-4-15(23)17(8-11)28-19(29)14-10-25-16-5-3-12(22)9-13(16)18(14)27-28/h2-5,8-10,27H,6-7H2,1H3,(H2,24,26). The Morgan fingerprint density at radius 2 is 2.10 bits per heavy atom. The average molecular weight is 442 g/mol. The maximum atomic E-state index is 14.8. The minimum absolute atomic E-state index is 0.122. The highest BCUT2D eigenvalue weighted by atomic mass is 35.5. The number of rotatable bonds is 2. The lowest BCUT2D eigenvalue weighted by Gasteiger charge is -2.30. The first kappa shape index (κ1) is 19.1. The van der Waals surface area contributed by atoms with E-state index in [1.54, 1.807) is 30.3 Å². The van der Waals surface area contributed by atoms with Crippen molar-refractivity contribution in [3.05, 3.63) is 69.4 Å². The number of hydrogen-bond donors (Lipinski definition) is 2. The van der Waals surface area contributed by atoms with E-state index in [0.29, 0.717) is 32.0 Å². The van der Waals surface area contributed by atoms with Crippen LogP contribution in [-0.2, 0) is 5.54 Å². The van der Waals surface area contributed by atoms with Crippen molar-refractivity contribution in [1.82, 2.24) is 14.8 Å². The van der Waals surface area contributed by atoms with E-state index in [4.69, 9.17) is 17.3 Å². The lowest BCUT2D eigenvalue weighted by molar-refractivity contribution is 0.479. The number of benzene rings is 2. The molecule has 1 aliphatic rings. The Labute approximate surface area is 179 Å². The third-order valence-corrected chi connectivity index (χ3v) is 6.52. The maximum Gasteiger partial charge on any atom is 0.280 e. The fraction of sp³-hybridized carbons (Fsp3) is 0.190. The summed E-state index contributed by atoms with van der Waals surface area (Å²) in [5.74, 6) is 0.303. The summed E-state index contributed by atoms with van der Waals surface area (Å²) in [6.07, 6.45) is 2.26. The van der Waals surface area contributed by atoms with Crippen molar-refractivity contribution in [2.24, 2.45) is 10.7 Å². The Morgan fingerprint density at radius 1 is 1.27 bits per heavy atom. The van der Waals surface area contributed by atoms with Crippen LogP contribution in [0.1, 0.15) is 18.9 Å². The normalized spacial score (nSPS) is 19.4. The number of nitrogens with two attached hydrogens (primary N) is 1. The number of aliphatic imine (C=N–C) groups is 1. The van der Waals surface area contributed by atoms with Crippen LogP contribution in [0.25, 0.3) is 27.5 Å². The van der Waals surface area contributed by atoms with Gasteiger partial charge in [0.05, 0.1) is 22.0 Å². The molecule has 0 spiro atoms. The number of aromatic nitrogens is 3. The van der Waals surface area contributed by atoms with Gasteiger partial charge >= 0.3 is 0 Å². The zero-order valence-corrected chi connectivity index (χ0v) is 17.5. The van der Waals surface area contributed by atoms with Gasteiger partial charge in [0.25, 0.3) is 5.56 Å². The predicted molar refractivity (Wildman–Crippen MR) is 120 cm³/mol. The lowest BCUT2D eigenvalue weighted by atomic mass is 9.89. The molecule has 3 heterocycles. The molecule has 4 aromatic rings. The van der Waals surface area contributed by atoms with Gasteiger partial charge in [-0.2, -0.15) is 0 Å². The molecular formula is C21H17ClFN5OS. The quantitative estimate of drug-likeness (QED) is 0.484. The van der Waals surface area contributed by atoms with Gasteiger partial charge in [0, 0.05) is 22.4 Å². The zero-order valence-electron chi connectivity index (χ0n) is 15.9. The number of aromatic amines is 1. The van der Waals surface area contributed by atoms with Crippen LogP contribution in [0.3, 0.4) is 0 Å². The van der Waals surface area contributed by atoms with Crippen molar-refractivity contribution in [2.75, 3.05) is 5.75 Å². The van der Waals surface area contributed by atoms with Crippen molar-refractivity contribution in [3.8, 4) is 5.69 Å². The Hall–Kier alpha value is -2.84. The minimum Gasteiger partial charge on any atom is -0.379 e. The predicted octanol–water partition coefficient (Wildman–Crippen LogP) is 4.33. The first-order chi connectivity index (χ1) is 14.4. The van der Waals surface area contributed by atoms with Gasteiger partial charge < -0.3 is 5.73 Å². The summed E-state index contributed by atoms with van der Waals surface area (Å²) in [4.78, 5) is 22.0. The first-order valence-electron chi connectivity index (χ1n) is 9.33. The minimum atomic E-state index is -0.574. The number of nitrogens with zero attached hydrogens (tertiary/aromatic N) is 3. The van der Waals surface area contributed by atoms with Crippen molar-refractivity contribution >= 4 is 50.3 Å². The Balaban J connectivity index is 1.74. The van der Waals surface area contributed by atoms with Gasteiger partial charge in [-0.25, -0.2) is 9.07 Å². The summed E-state index contributed by atoms with van der Waals surface area (Å²) in [6.45, 7) is 1.96. The number of hydrogen-bond acceptors (Lipinski definition) is 5. The van der Waals surface area contributed by atoms with Gasteiger partial charge in [-0.1, -0.05) is 29.4 Å². The molecule has 1 unspecified atom stereocenters. The second kappa shape index (κ2) is 6.85. The molecule has 5 rings (SSSR count). The Bertz CT molecular complexity index is 1410. The average Bonchev–Trinajstić information content (AvgIpc) is 3.05. The molecule has 0 radical (unpaired) electrons. The van der Waals surface area contributed by atoms with Crippen LogP contribution in [0.2, 0.25) is 5.02 Å².